The van der Waals surface area contributed by atoms with E-state index in [1.807, 2.05) is 95.3 Å². The van der Waals surface area contributed by atoms with E-state index in [1.165, 1.54) is 0 Å². The van der Waals surface area contributed by atoms with Crippen molar-refractivity contribution in [2.45, 2.75) is 116 Å². The van der Waals surface area contributed by atoms with Gasteiger partial charge in [0.2, 0.25) is 17.7 Å². The second-order valence-corrected chi connectivity index (χ2v) is 12.9. The highest BCUT2D eigenvalue weighted by atomic mass is 16.5. The normalized spacial score (nSPS) is 14.9. The first-order valence-electron chi connectivity index (χ1n) is 17.2. The maximum absolute atomic E-state index is 13.7. The molecule has 0 heterocycles. The molecular weight excluding hydrogens is 612 g/mol. The molecule has 0 bridgehead atoms. The van der Waals surface area contributed by atoms with Gasteiger partial charge in [0.1, 0.15) is 18.7 Å². The fourth-order valence-electron chi connectivity index (χ4n) is 5.27. The van der Waals surface area contributed by atoms with Gasteiger partial charge in [0.05, 0.1) is 31.2 Å². The van der Waals surface area contributed by atoms with Gasteiger partial charge in [-0.05, 0) is 35.8 Å². The van der Waals surface area contributed by atoms with Crippen molar-refractivity contribution < 1.29 is 34.1 Å². The molecule has 0 aliphatic heterocycles. The third-order valence-corrected chi connectivity index (χ3v) is 8.37. The number of rotatable bonds is 21. The maximum Gasteiger partial charge on any atom is 0.408 e. The summed E-state index contributed by atoms with van der Waals surface area (Å²) in [5, 5.41) is 32.0. The van der Waals surface area contributed by atoms with Gasteiger partial charge >= 0.3 is 6.09 Å². The first kappa shape index (κ1) is 40.2. The lowest BCUT2D eigenvalue weighted by Gasteiger charge is -2.29. The lowest BCUT2D eigenvalue weighted by molar-refractivity contribution is -0.131. The molecule has 0 radical (unpaired) electrons. The summed E-state index contributed by atoms with van der Waals surface area (Å²) in [6, 6.07) is 15.2. The largest absolute Gasteiger partial charge is 0.445 e. The van der Waals surface area contributed by atoms with Gasteiger partial charge in [0, 0.05) is 6.42 Å². The molecule has 4 amide bonds. The Bertz CT molecular complexity index is 1240. The second kappa shape index (κ2) is 21.8. The predicted molar refractivity (Wildman–Crippen MR) is 186 cm³/mol. The van der Waals surface area contributed by atoms with Crippen LogP contribution in [-0.2, 0) is 32.1 Å². The van der Waals surface area contributed by atoms with Crippen molar-refractivity contribution in [3.63, 3.8) is 0 Å². The third-order valence-electron chi connectivity index (χ3n) is 8.37. The highest BCUT2D eigenvalue weighted by Crippen LogP contribution is 2.14. The minimum absolute atomic E-state index is 0.0315. The minimum Gasteiger partial charge on any atom is -0.445 e. The van der Waals surface area contributed by atoms with Gasteiger partial charge in [-0.2, -0.15) is 0 Å². The highest BCUT2D eigenvalue weighted by molar-refractivity contribution is 5.91. The summed E-state index contributed by atoms with van der Waals surface area (Å²) < 4.78 is 5.38. The number of nitrogens with one attached hydrogen (secondary N) is 4. The van der Waals surface area contributed by atoms with E-state index in [1.54, 1.807) is 0 Å². The van der Waals surface area contributed by atoms with Crippen LogP contribution in [0.3, 0.4) is 0 Å². The van der Waals surface area contributed by atoms with Gasteiger partial charge in [-0.3, -0.25) is 14.4 Å². The Morgan fingerprint density at radius 2 is 1.38 bits per heavy atom. The van der Waals surface area contributed by atoms with Crippen molar-refractivity contribution in [2.75, 3.05) is 6.61 Å². The van der Waals surface area contributed by atoms with E-state index in [9.17, 15) is 29.4 Å². The van der Waals surface area contributed by atoms with Gasteiger partial charge in [-0.25, -0.2) is 4.79 Å². The van der Waals surface area contributed by atoms with Gasteiger partial charge in [-0.15, -0.1) is 0 Å². The zero-order valence-corrected chi connectivity index (χ0v) is 29.1. The van der Waals surface area contributed by atoms with Crippen LogP contribution >= 0.6 is 0 Å². The summed E-state index contributed by atoms with van der Waals surface area (Å²) in [5.41, 5.74) is 1.61. The first-order chi connectivity index (χ1) is 23.0. The Morgan fingerprint density at radius 1 is 0.771 bits per heavy atom. The van der Waals surface area contributed by atoms with Crippen molar-refractivity contribution in [3.8, 4) is 0 Å². The monoisotopic (exact) mass is 668 g/mol. The second-order valence-electron chi connectivity index (χ2n) is 12.9. The number of aliphatic hydroxyl groups is 2. The molecule has 3 unspecified atom stereocenters. The maximum atomic E-state index is 13.7. The summed E-state index contributed by atoms with van der Waals surface area (Å²) in [4.78, 5) is 53.0. The van der Waals surface area contributed by atoms with Gasteiger partial charge in [0.25, 0.3) is 0 Å². The molecule has 11 nitrogen and oxygen atoms in total. The summed E-state index contributed by atoms with van der Waals surface area (Å²) in [7, 11) is 0. The summed E-state index contributed by atoms with van der Waals surface area (Å²) in [5.74, 6) is -1.32. The van der Waals surface area contributed by atoms with Crippen LogP contribution in [0, 0.1) is 11.8 Å². The van der Waals surface area contributed by atoms with Gasteiger partial charge < -0.3 is 36.2 Å². The lowest BCUT2D eigenvalue weighted by atomic mass is 9.95. The highest BCUT2D eigenvalue weighted by Gasteiger charge is 2.31. The Kier molecular flexibility index (Phi) is 18.3. The Hall–Kier alpha value is -3.96. The van der Waals surface area contributed by atoms with Crippen LogP contribution in [0.1, 0.15) is 84.3 Å². The predicted octanol–water partition coefficient (Wildman–Crippen LogP) is 4.00. The zero-order valence-electron chi connectivity index (χ0n) is 29.1. The number of hydrogen-bond donors (Lipinski definition) is 6. The van der Waals surface area contributed by atoms with Crippen molar-refractivity contribution >= 4 is 23.8 Å². The molecule has 0 aromatic heterocycles. The molecule has 0 spiro atoms. The minimum atomic E-state index is -1.19. The molecule has 6 N–H and O–H groups in total. The number of carbonyl (C=O) groups excluding carboxylic acids is 4. The van der Waals surface area contributed by atoms with Crippen LogP contribution in [0.15, 0.2) is 60.7 Å². The van der Waals surface area contributed by atoms with Crippen molar-refractivity contribution in [2.24, 2.45) is 11.8 Å². The number of carbonyl (C=O) groups is 4. The Balaban J connectivity index is 2.17. The zero-order chi connectivity index (χ0) is 35.5. The third kappa shape index (κ3) is 14.9. The van der Waals surface area contributed by atoms with Crippen molar-refractivity contribution in [3.05, 3.63) is 71.8 Å². The summed E-state index contributed by atoms with van der Waals surface area (Å²) in [6.07, 6.45) is 0.875. The van der Waals surface area contributed by atoms with E-state index in [4.69, 9.17) is 4.74 Å². The van der Waals surface area contributed by atoms with Crippen molar-refractivity contribution in [1.82, 2.24) is 21.3 Å². The molecule has 0 aliphatic carbocycles. The Labute approximate surface area is 285 Å². The quantitative estimate of drug-likeness (QED) is 0.117. The van der Waals surface area contributed by atoms with E-state index in [0.717, 1.165) is 24.0 Å². The van der Waals surface area contributed by atoms with Crippen LogP contribution in [0.5, 0.6) is 0 Å². The van der Waals surface area contributed by atoms with Crippen LogP contribution in [0.2, 0.25) is 0 Å². The van der Waals surface area contributed by atoms with E-state index in [0.29, 0.717) is 19.3 Å². The lowest BCUT2D eigenvalue weighted by Crippen LogP contribution is -2.57. The number of ether oxygens (including phenoxy) is 1. The summed E-state index contributed by atoms with van der Waals surface area (Å²) >= 11 is 0. The molecule has 11 heteroatoms. The molecule has 6 atom stereocenters. The fraction of sp³-hybridized carbons (Fsp3) is 0.568. The number of aliphatic hydroxyl groups excluding tert-OH is 2. The smallest absolute Gasteiger partial charge is 0.408 e. The average Bonchev–Trinajstić information content (AvgIpc) is 3.07. The molecule has 0 saturated carbocycles. The number of alkyl carbamates (subject to hydrolysis) is 1. The van der Waals surface area contributed by atoms with E-state index in [2.05, 4.69) is 21.3 Å². The standard InChI is InChI=1S/C37H56N4O7/c1-6-8-19-29(35(45)40-30(20-25(3)4)33(43)22-34(44)38-32(23-42)26(5)7-2)39-36(46)31(21-27-15-11-9-12-16-27)41-37(47)48-24-28-17-13-10-14-18-28/h9-18,25-26,29-33,42-43H,6-8,19-24H2,1-5H3,(H,38,44)(H,39,46)(H,40,45)(H,41,47)/t26?,29-,30?,31-,32+,33?/m0/s1. The Morgan fingerprint density at radius 3 is 1.94 bits per heavy atom. The molecule has 0 fully saturated rings. The number of unbranched alkanes of at least 4 members (excludes halogenated alkanes) is 1. The number of amides is 4. The van der Waals surface area contributed by atoms with Crippen LogP contribution in [0.25, 0.3) is 0 Å². The van der Waals surface area contributed by atoms with E-state index in [-0.39, 0.29) is 37.9 Å². The molecule has 0 aliphatic rings. The molecular formula is C37H56N4O7. The van der Waals surface area contributed by atoms with Crippen molar-refractivity contribution in [1.29, 1.82) is 0 Å². The van der Waals surface area contributed by atoms with Gasteiger partial charge in [-0.1, -0.05) is 115 Å². The topological polar surface area (TPSA) is 166 Å². The summed E-state index contributed by atoms with van der Waals surface area (Å²) in [6.45, 7) is 9.58. The fourth-order valence-corrected chi connectivity index (χ4v) is 5.27. The first-order valence-corrected chi connectivity index (χ1v) is 17.2. The number of benzene rings is 2. The van der Waals surface area contributed by atoms with E-state index >= 15 is 0 Å². The van der Waals surface area contributed by atoms with Crippen LogP contribution in [0.4, 0.5) is 4.79 Å². The van der Waals surface area contributed by atoms with Crippen LogP contribution in [-0.4, -0.2) is 70.9 Å². The SMILES string of the molecule is CCCC[C@H](NC(=O)[C@H](Cc1ccccc1)NC(=O)OCc1ccccc1)C(=O)NC(CC(C)C)C(O)CC(=O)N[C@H](CO)C(C)CC. The number of hydrogen-bond acceptors (Lipinski definition) is 7. The molecule has 2 aromatic rings. The molecule has 2 rings (SSSR count). The molecule has 0 saturated heterocycles. The molecule has 2 aromatic carbocycles. The average molecular weight is 669 g/mol. The van der Waals surface area contributed by atoms with Gasteiger partial charge in [0.15, 0.2) is 0 Å². The molecule has 48 heavy (non-hydrogen) atoms. The van der Waals surface area contributed by atoms with Crippen LogP contribution < -0.4 is 21.3 Å². The van der Waals surface area contributed by atoms with E-state index < -0.39 is 54.1 Å². The molecule has 266 valence electrons.